The molecule has 0 amide bonds. The third-order valence-corrected chi connectivity index (χ3v) is 5.89. The van der Waals surface area contributed by atoms with Gasteiger partial charge in [0.05, 0.1) is 16.8 Å². The third kappa shape index (κ3) is 4.73. The summed E-state index contributed by atoms with van der Waals surface area (Å²) < 4.78 is 12.3. The summed E-state index contributed by atoms with van der Waals surface area (Å²) in [4.78, 5) is 23.8. The molecule has 0 aliphatic heterocycles. The van der Waals surface area contributed by atoms with E-state index >= 15 is 0 Å². The normalized spacial score (nSPS) is 13.7. The van der Waals surface area contributed by atoms with Gasteiger partial charge < -0.3 is 10.3 Å². The predicted molar refractivity (Wildman–Crippen MR) is 110 cm³/mol. The van der Waals surface area contributed by atoms with Crippen molar-refractivity contribution in [1.29, 1.82) is 0 Å². The number of H-pyrrole nitrogens is 1. The molecule has 1 aromatic carbocycles. The molecule has 6 nitrogen and oxygen atoms in total. The average molecular weight is 405 g/mol. The van der Waals surface area contributed by atoms with Crippen LogP contribution in [-0.4, -0.2) is 24.9 Å². The van der Waals surface area contributed by atoms with Crippen LogP contribution < -0.4 is 10.9 Å². The van der Waals surface area contributed by atoms with E-state index in [9.17, 15) is 9.00 Å². The molecule has 0 spiro atoms. The molecule has 0 aliphatic rings. The lowest BCUT2D eigenvalue weighted by molar-refractivity contribution is 0.661. The van der Waals surface area contributed by atoms with Crippen molar-refractivity contribution >= 4 is 39.3 Å². The van der Waals surface area contributed by atoms with Gasteiger partial charge in [-0.25, -0.2) is 9.97 Å². The van der Waals surface area contributed by atoms with Crippen LogP contribution in [0.3, 0.4) is 0 Å². The third-order valence-electron chi connectivity index (χ3n) is 4.00. The molecule has 3 aromatic rings. The van der Waals surface area contributed by atoms with Gasteiger partial charge >= 0.3 is 0 Å². The first kappa shape index (κ1) is 19.5. The fraction of sp³-hybridized carbons (Fsp3) is 0.316. The number of fused-ring (bicyclic) bond motifs is 1. The highest BCUT2D eigenvalue weighted by molar-refractivity contribution is 7.84. The highest BCUT2D eigenvalue weighted by Gasteiger charge is 2.14. The second-order valence-corrected chi connectivity index (χ2v) is 8.66. The molecule has 27 heavy (non-hydrogen) atoms. The fourth-order valence-electron chi connectivity index (χ4n) is 2.71. The Hall–Kier alpha value is -2.25. The van der Waals surface area contributed by atoms with Crippen molar-refractivity contribution in [2.75, 3.05) is 11.1 Å². The van der Waals surface area contributed by atoms with Gasteiger partial charge in [0.2, 0.25) is 5.95 Å². The highest BCUT2D eigenvalue weighted by atomic mass is 35.5. The van der Waals surface area contributed by atoms with Crippen molar-refractivity contribution in [1.82, 2.24) is 15.0 Å². The SMILES string of the molecule is CC(C)C[S@](=O)c1ccnc(N[C@@H](C)c2cc3cc(Cl)ccc3[nH]c2=O)n1. The Bertz CT molecular complexity index is 1050. The molecule has 2 N–H and O–H groups in total. The number of pyridine rings is 1. The largest absolute Gasteiger partial charge is 0.347 e. The quantitative estimate of drug-likeness (QED) is 0.608. The Labute approximate surface area is 164 Å². The number of nitrogens with one attached hydrogen (secondary N) is 2. The van der Waals surface area contributed by atoms with Crippen LogP contribution in [0, 0.1) is 5.92 Å². The van der Waals surface area contributed by atoms with Crippen LogP contribution in [0.15, 0.2) is 46.3 Å². The first-order chi connectivity index (χ1) is 12.8. The first-order valence-electron chi connectivity index (χ1n) is 8.64. The van der Waals surface area contributed by atoms with Crippen molar-refractivity contribution in [2.45, 2.75) is 31.8 Å². The van der Waals surface area contributed by atoms with E-state index in [2.05, 4.69) is 20.3 Å². The van der Waals surface area contributed by atoms with Crippen LogP contribution in [0.1, 0.15) is 32.4 Å². The second kappa shape index (κ2) is 8.19. The maximum atomic E-state index is 12.4. The number of aromatic nitrogens is 3. The topological polar surface area (TPSA) is 87.7 Å². The monoisotopic (exact) mass is 404 g/mol. The number of halogens is 1. The zero-order valence-corrected chi connectivity index (χ0v) is 16.9. The Balaban J connectivity index is 1.86. The summed E-state index contributed by atoms with van der Waals surface area (Å²) in [5.41, 5.74) is 1.08. The summed E-state index contributed by atoms with van der Waals surface area (Å²) in [6, 6.07) is 8.42. The van der Waals surface area contributed by atoms with E-state index in [1.165, 1.54) is 0 Å². The lowest BCUT2D eigenvalue weighted by Crippen LogP contribution is -2.20. The zero-order chi connectivity index (χ0) is 19.6. The van der Waals surface area contributed by atoms with Gasteiger partial charge in [-0.3, -0.25) is 9.00 Å². The predicted octanol–water partition coefficient (Wildman–Crippen LogP) is 3.91. The summed E-state index contributed by atoms with van der Waals surface area (Å²) >= 11 is 6.05. The van der Waals surface area contributed by atoms with Gasteiger partial charge in [0.1, 0.15) is 5.03 Å². The van der Waals surface area contributed by atoms with Crippen LogP contribution >= 0.6 is 11.6 Å². The van der Waals surface area contributed by atoms with E-state index in [1.54, 1.807) is 36.5 Å². The van der Waals surface area contributed by atoms with Gasteiger partial charge in [0.25, 0.3) is 5.56 Å². The molecule has 0 unspecified atom stereocenters. The van der Waals surface area contributed by atoms with Crippen LogP contribution in [0.25, 0.3) is 10.9 Å². The van der Waals surface area contributed by atoms with Gasteiger partial charge in [-0.15, -0.1) is 0 Å². The zero-order valence-electron chi connectivity index (χ0n) is 15.3. The van der Waals surface area contributed by atoms with Crippen molar-refractivity contribution in [3.8, 4) is 0 Å². The van der Waals surface area contributed by atoms with Crippen molar-refractivity contribution in [2.24, 2.45) is 5.92 Å². The van der Waals surface area contributed by atoms with Crippen molar-refractivity contribution in [3.63, 3.8) is 0 Å². The minimum Gasteiger partial charge on any atom is -0.347 e. The molecule has 3 rings (SSSR count). The molecular formula is C19H21ClN4O2S. The molecule has 0 radical (unpaired) electrons. The summed E-state index contributed by atoms with van der Waals surface area (Å²) in [5, 5.41) is 5.04. The van der Waals surface area contributed by atoms with Gasteiger partial charge in [0, 0.05) is 33.4 Å². The van der Waals surface area contributed by atoms with E-state index in [0.717, 1.165) is 10.9 Å². The van der Waals surface area contributed by atoms with E-state index in [0.29, 0.717) is 33.2 Å². The second-order valence-electron chi connectivity index (χ2n) is 6.78. The van der Waals surface area contributed by atoms with Crippen LogP contribution in [0.5, 0.6) is 0 Å². The van der Waals surface area contributed by atoms with Crippen LogP contribution in [0.4, 0.5) is 5.95 Å². The lowest BCUT2D eigenvalue weighted by Gasteiger charge is -2.15. The number of aromatic amines is 1. The molecule has 2 aromatic heterocycles. The van der Waals surface area contributed by atoms with Crippen molar-refractivity contribution < 1.29 is 4.21 Å². The molecule has 0 saturated heterocycles. The standard InChI is InChI=1S/C19H21ClN4O2S/c1-11(2)10-27(26)17-6-7-21-19(24-17)22-12(3)15-9-13-8-14(20)4-5-16(13)23-18(15)25/h4-9,11-12H,10H2,1-3H3,(H,23,25)(H,21,22,24)/t12-,27-/m0/s1. The fourth-order valence-corrected chi connectivity index (χ4v) is 4.07. The van der Waals surface area contributed by atoms with E-state index in [1.807, 2.05) is 20.8 Å². The molecule has 142 valence electrons. The van der Waals surface area contributed by atoms with Gasteiger partial charge in [0.15, 0.2) is 0 Å². The smallest absolute Gasteiger partial charge is 0.253 e. The van der Waals surface area contributed by atoms with E-state index in [4.69, 9.17) is 11.6 Å². The Morgan fingerprint density at radius 2 is 2.00 bits per heavy atom. The van der Waals surface area contributed by atoms with Gasteiger partial charge in [-0.2, -0.15) is 0 Å². The molecule has 0 bridgehead atoms. The number of rotatable bonds is 6. The van der Waals surface area contributed by atoms with Gasteiger partial charge in [-0.05, 0) is 43.2 Å². The van der Waals surface area contributed by atoms with E-state index in [-0.39, 0.29) is 11.6 Å². The van der Waals surface area contributed by atoms with Crippen LogP contribution in [-0.2, 0) is 10.8 Å². The Morgan fingerprint density at radius 3 is 2.74 bits per heavy atom. The Morgan fingerprint density at radius 1 is 1.22 bits per heavy atom. The molecule has 2 atom stereocenters. The molecule has 0 aliphatic carbocycles. The highest BCUT2D eigenvalue weighted by Crippen LogP contribution is 2.21. The molecule has 0 fully saturated rings. The summed E-state index contributed by atoms with van der Waals surface area (Å²) in [6.07, 6.45) is 1.57. The summed E-state index contributed by atoms with van der Waals surface area (Å²) in [5.74, 6) is 1.18. The summed E-state index contributed by atoms with van der Waals surface area (Å²) in [6.45, 7) is 5.87. The minimum absolute atomic E-state index is 0.190. The number of hydrogen-bond donors (Lipinski definition) is 2. The first-order valence-corrected chi connectivity index (χ1v) is 10.3. The van der Waals surface area contributed by atoms with Gasteiger partial charge in [-0.1, -0.05) is 25.4 Å². The van der Waals surface area contributed by atoms with Crippen molar-refractivity contribution in [3.05, 3.63) is 57.5 Å². The molecular weight excluding hydrogens is 384 g/mol. The molecule has 2 heterocycles. The summed E-state index contributed by atoms with van der Waals surface area (Å²) in [7, 11) is -1.18. The average Bonchev–Trinajstić information content (AvgIpc) is 2.61. The molecule has 8 heteroatoms. The lowest BCUT2D eigenvalue weighted by atomic mass is 10.1. The number of anilines is 1. The number of hydrogen-bond acceptors (Lipinski definition) is 5. The number of nitrogens with zero attached hydrogens (tertiary/aromatic N) is 2. The Kier molecular flexibility index (Phi) is 5.92. The van der Waals surface area contributed by atoms with E-state index < -0.39 is 10.8 Å². The van der Waals surface area contributed by atoms with Crippen LogP contribution in [0.2, 0.25) is 5.02 Å². The molecule has 0 saturated carbocycles. The maximum absolute atomic E-state index is 12.4. The number of benzene rings is 1. The maximum Gasteiger partial charge on any atom is 0.253 e. The minimum atomic E-state index is -1.18.